The van der Waals surface area contributed by atoms with Gasteiger partial charge in [0.15, 0.2) is 5.13 Å². The Morgan fingerprint density at radius 1 is 1.04 bits per heavy atom. The van der Waals surface area contributed by atoms with Crippen molar-refractivity contribution in [3.05, 3.63) is 10.6 Å². The summed E-state index contributed by atoms with van der Waals surface area (Å²) in [6.45, 7) is 4.67. The van der Waals surface area contributed by atoms with Crippen molar-refractivity contribution in [3.63, 3.8) is 0 Å². The Morgan fingerprint density at radius 2 is 1.80 bits per heavy atom. The Balaban J connectivity index is 1.55. The van der Waals surface area contributed by atoms with Gasteiger partial charge in [0.1, 0.15) is 0 Å². The summed E-state index contributed by atoms with van der Waals surface area (Å²) >= 11 is 1.62. The average Bonchev–Trinajstić information content (AvgIpc) is 2.79. The summed E-state index contributed by atoms with van der Waals surface area (Å²) in [6, 6.07) is -0.0892. The second kappa shape index (κ2) is 8.65. The van der Waals surface area contributed by atoms with Gasteiger partial charge in [-0.2, -0.15) is 0 Å². The predicted molar refractivity (Wildman–Crippen MR) is 100 cm³/mol. The first kappa shape index (κ1) is 18.2. The molecular formula is C18H28N4O2S. The SMILES string of the molecule is CCCC(=O)N1CCCN(C(=O)Nc2nc3c(s2)CCCCC3)CC1. The lowest BCUT2D eigenvalue weighted by Gasteiger charge is -2.22. The molecule has 1 fully saturated rings. The zero-order valence-electron chi connectivity index (χ0n) is 15.1. The fourth-order valence-corrected chi connectivity index (χ4v) is 4.53. The van der Waals surface area contributed by atoms with Crippen molar-refractivity contribution in [2.24, 2.45) is 0 Å². The molecule has 1 N–H and O–H groups in total. The number of fused-ring (bicyclic) bond motifs is 1. The maximum Gasteiger partial charge on any atom is 0.323 e. The van der Waals surface area contributed by atoms with Gasteiger partial charge < -0.3 is 9.80 Å². The van der Waals surface area contributed by atoms with Gasteiger partial charge in [-0.05, 0) is 38.5 Å². The number of nitrogens with zero attached hydrogens (tertiary/aromatic N) is 3. The number of nitrogens with one attached hydrogen (secondary N) is 1. The monoisotopic (exact) mass is 364 g/mol. The molecular weight excluding hydrogens is 336 g/mol. The lowest BCUT2D eigenvalue weighted by molar-refractivity contribution is -0.131. The molecule has 1 aromatic rings. The van der Waals surface area contributed by atoms with Crippen LogP contribution in [0.2, 0.25) is 0 Å². The van der Waals surface area contributed by atoms with Gasteiger partial charge in [0.2, 0.25) is 5.91 Å². The van der Waals surface area contributed by atoms with Gasteiger partial charge in [0.25, 0.3) is 0 Å². The summed E-state index contributed by atoms with van der Waals surface area (Å²) in [6.07, 6.45) is 8.09. The number of rotatable bonds is 3. The van der Waals surface area contributed by atoms with Crippen LogP contribution in [-0.4, -0.2) is 52.9 Å². The summed E-state index contributed by atoms with van der Waals surface area (Å²) in [5.74, 6) is 0.202. The van der Waals surface area contributed by atoms with Crippen molar-refractivity contribution in [3.8, 4) is 0 Å². The zero-order valence-corrected chi connectivity index (χ0v) is 15.9. The van der Waals surface area contributed by atoms with E-state index in [4.69, 9.17) is 0 Å². The number of thiazole rings is 1. The van der Waals surface area contributed by atoms with Gasteiger partial charge in [-0.3, -0.25) is 10.1 Å². The molecule has 0 aromatic carbocycles. The quantitative estimate of drug-likeness (QED) is 0.837. The maximum atomic E-state index is 12.6. The highest BCUT2D eigenvalue weighted by molar-refractivity contribution is 7.15. The molecule has 2 aliphatic rings. The van der Waals surface area contributed by atoms with Gasteiger partial charge in [-0.25, -0.2) is 9.78 Å². The predicted octanol–water partition coefficient (Wildman–Crippen LogP) is 3.28. The van der Waals surface area contributed by atoms with Crippen LogP contribution < -0.4 is 5.32 Å². The third kappa shape index (κ3) is 4.71. The fourth-order valence-electron chi connectivity index (χ4n) is 3.49. The van der Waals surface area contributed by atoms with Crippen LogP contribution in [0.5, 0.6) is 0 Å². The van der Waals surface area contributed by atoms with Crippen LogP contribution in [0, 0.1) is 0 Å². The van der Waals surface area contributed by atoms with Crippen LogP contribution in [0.15, 0.2) is 0 Å². The van der Waals surface area contributed by atoms with E-state index in [-0.39, 0.29) is 11.9 Å². The minimum absolute atomic E-state index is 0.0892. The van der Waals surface area contributed by atoms with Gasteiger partial charge in [0.05, 0.1) is 5.69 Å². The molecule has 3 amide bonds. The van der Waals surface area contributed by atoms with E-state index < -0.39 is 0 Å². The van der Waals surface area contributed by atoms with E-state index in [1.165, 1.54) is 29.8 Å². The molecule has 2 heterocycles. The van der Waals surface area contributed by atoms with Crippen LogP contribution in [0.1, 0.15) is 56.0 Å². The molecule has 25 heavy (non-hydrogen) atoms. The molecule has 6 nitrogen and oxygen atoms in total. The summed E-state index contributed by atoms with van der Waals surface area (Å²) in [5, 5.41) is 3.70. The molecule has 1 aliphatic carbocycles. The van der Waals surface area contributed by atoms with E-state index >= 15 is 0 Å². The highest BCUT2D eigenvalue weighted by Gasteiger charge is 2.23. The Kier molecular flexibility index (Phi) is 6.29. The molecule has 1 saturated heterocycles. The van der Waals surface area contributed by atoms with Crippen molar-refractivity contribution in [2.75, 3.05) is 31.5 Å². The van der Waals surface area contributed by atoms with Crippen molar-refractivity contribution in [2.45, 2.75) is 58.3 Å². The van der Waals surface area contributed by atoms with E-state index in [1.807, 2.05) is 16.7 Å². The maximum absolute atomic E-state index is 12.6. The number of aromatic nitrogens is 1. The van der Waals surface area contributed by atoms with Crippen molar-refractivity contribution in [1.29, 1.82) is 0 Å². The largest absolute Gasteiger partial charge is 0.341 e. The van der Waals surface area contributed by atoms with E-state index in [0.29, 0.717) is 26.1 Å². The molecule has 0 spiro atoms. The van der Waals surface area contributed by atoms with E-state index in [9.17, 15) is 9.59 Å². The summed E-state index contributed by atoms with van der Waals surface area (Å²) in [7, 11) is 0. The van der Waals surface area contributed by atoms with Crippen LogP contribution in [0.4, 0.5) is 9.93 Å². The number of urea groups is 1. The molecule has 3 rings (SSSR count). The molecule has 0 atom stereocenters. The Morgan fingerprint density at radius 3 is 2.64 bits per heavy atom. The van der Waals surface area contributed by atoms with Gasteiger partial charge >= 0.3 is 6.03 Å². The number of carbonyl (C=O) groups is 2. The number of hydrogen-bond acceptors (Lipinski definition) is 4. The highest BCUT2D eigenvalue weighted by Crippen LogP contribution is 2.29. The highest BCUT2D eigenvalue weighted by atomic mass is 32.1. The molecule has 0 saturated carbocycles. The molecule has 1 aliphatic heterocycles. The van der Waals surface area contributed by atoms with Gasteiger partial charge in [-0.15, -0.1) is 11.3 Å². The lowest BCUT2D eigenvalue weighted by atomic mass is 10.2. The molecule has 0 unspecified atom stereocenters. The third-order valence-electron chi connectivity index (χ3n) is 4.91. The molecule has 7 heteroatoms. The first-order valence-electron chi connectivity index (χ1n) is 9.49. The minimum atomic E-state index is -0.0892. The smallest absolute Gasteiger partial charge is 0.323 e. The van der Waals surface area contributed by atoms with Crippen molar-refractivity contribution < 1.29 is 9.59 Å². The minimum Gasteiger partial charge on any atom is -0.341 e. The normalized spacial score (nSPS) is 18.3. The summed E-state index contributed by atoms with van der Waals surface area (Å²) < 4.78 is 0. The number of amides is 3. The van der Waals surface area contributed by atoms with Crippen LogP contribution in [0.25, 0.3) is 0 Å². The number of carbonyl (C=O) groups excluding carboxylic acids is 2. The summed E-state index contributed by atoms with van der Waals surface area (Å²) in [4.78, 5) is 34.3. The lowest BCUT2D eigenvalue weighted by Crippen LogP contribution is -2.39. The van der Waals surface area contributed by atoms with Gasteiger partial charge in [-0.1, -0.05) is 13.3 Å². The first-order chi connectivity index (χ1) is 12.2. The van der Waals surface area contributed by atoms with E-state index in [2.05, 4.69) is 10.3 Å². The topological polar surface area (TPSA) is 65.5 Å². The number of anilines is 1. The summed E-state index contributed by atoms with van der Waals surface area (Å²) in [5.41, 5.74) is 1.17. The van der Waals surface area contributed by atoms with Crippen LogP contribution >= 0.6 is 11.3 Å². The molecule has 1 aromatic heterocycles. The Bertz CT molecular complexity index is 593. The molecule has 0 bridgehead atoms. The second-order valence-corrected chi connectivity index (χ2v) is 7.93. The molecule has 138 valence electrons. The zero-order chi connectivity index (χ0) is 17.6. The van der Waals surface area contributed by atoms with Crippen molar-refractivity contribution in [1.82, 2.24) is 14.8 Å². The third-order valence-corrected chi connectivity index (χ3v) is 5.98. The van der Waals surface area contributed by atoms with Crippen molar-refractivity contribution >= 4 is 28.4 Å². The average molecular weight is 365 g/mol. The molecule has 0 radical (unpaired) electrons. The van der Waals surface area contributed by atoms with E-state index in [1.54, 1.807) is 11.3 Å². The Hall–Kier alpha value is -1.63. The standard InChI is InChI=1S/C18H28N4O2S/c1-2-7-16(23)21-10-6-11-22(13-12-21)18(24)20-17-19-14-8-4-3-5-9-15(14)25-17/h2-13H2,1H3,(H,19,20,24). The van der Waals surface area contributed by atoms with E-state index in [0.717, 1.165) is 37.4 Å². The Labute approximate surface area is 153 Å². The van der Waals surface area contributed by atoms with Crippen LogP contribution in [-0.2, 0) is 17.6 Å². The number of hydrogen-bond donors (Lipinski definition) is 1. The van der Waals surface area contributed by atoms with Crippen LogP contribution in [0.3, 0.4) is 0 Å². The number of aryl methyl sites for hydroxylation is 2. The first-order valence-corrected chi connectivity index (χ1v) is 10.3. The van der Waals surface area contributed by atoms with Gasteiger partial charge in [0, 0.05) is 37.5 Å². The second-order valence-electron chi connectivity index (χ2n) is 6.85. The fraction of sp³-hybridized carbons (Fsp3) is 0.722.